The van der Waals surface area contributed by atoms with Crippen LogP contribution >= 0.6 is 0 Å². The molecule has 0 amide bonds. The van der Waals surface area contributed by atoms with Crippen molar-refractivity contribution in [1.29, 1.82) is 0 Å². The molecule has 1 aromatic rings. The predicted molar refractivity (Wildman–Crippen MR) is 69.4 cm³/mol. The topological polar surface area (TPSA) is 38.0 Å². The number of rotatable bonds is 6. The van der Waals surface area contributed by atoms with Crippen LogP contribution in [0.1, 0.15) is 31.7 Å². The van der Waals surface area contributed by atoms with E-state index in [1.54, 1.807) is 0 Å². The molecular weight excluding hydrogens is 196 g/mol. The zero-order chi connectivity index (χ0) is 11.4. The summed E-state index contributed by atoms with van der Waals surface area (Å²) < 4.78 is 0. The van der Waals surface area contributed by atoms with E-state index in [0.29, 0.717) is 5.41 Å². The van der Waals surface area contributed by atoms with Crippen LogP contribution in [0.5, 0.6) is 0 Å². The lowest BCUT2D eigenvalue weighted by atomic mass is 10.1. The zero-order valence-electron chi connectivity index (χ0n) is 10.1. The maximum atomic E-state index is 5.74. The Kier molecular flexibility index (Phi) is 3.49. The van der Waals surface area contributed by atoms with E-state index in [1.807, 2.05) is 12.1 Å². The Morgan fingerprint density at radius 3 is 2.88 bits per heavy atom. The molecule has 16 heavy (non-hydrogen) atoms. The van der Waals surface area contributed by atoms with Crippen molar-refractivity contribution >= 4 is 5.69 Å². The predicted octanol–water partition coefficient (Wildman–Crippen LogP) is 2.59. The Morgan fingerprint density at radius 2 is 2.19 bits per heavy atom. The fourth-order valence-corrected chi connectivity index (χ4v) is 1.95. The third-order valence-corrected chi connectivity index (χ3v) is 3.43. The SMILES string of the molecule is CC1(CNCCCc2cccc(N)c2)CC1. The number of hydrogen-bond acceptors (Lipinski definition) is 2. The van der Waals surface area contributed by atoms with E-state index in [-0.39, 0.29) is 0 Å². The summed E-state index contributed by atoms with van der Waals surface area (Å²) in [6.45, 7) is 4.66. The first-order valence-electron chi connectivity index (χ1n) is 6.23. The van der Waals surface area contributed by atoms with Gasteiger partial charge >= 0.3 is 0 Å². The number of aryl methyl sites for hydroxylation is 1. The largest absolute Gasteiger partial charge is 0.399 e. The Morgan fingerprint density at radius 1 is 1.38 bits per heavy atom. The number of benzene rings is 1. The van der Waals surface area contributed by atoms with Gasteiger partial charge in [0, 0.05) is 12.2 Å². The van der Waals surface area contributed by atoms with Crippen molar-refractivity contribution in [1.82, 2.24) is 5.32 Å². The second kappa shape index (κ2) is 4.88. The van der Waals surface area contributed by atoms with Crippen molar-refractivity contribution in [3.8, 4) is 0 Å². The van der Waals surface area contributed by atoms with Crippen LogP contribution in [-0.2, 0) is 6.42 Å². The monoisotopic (exact) mass is 218 g/mol. The molecule has 0 saturated heterocycles. The summed E-state index contributed by atoms with van der Waals surface area (Å²) in [6.07, 6.45) is 5.11. The molecule has 0 heterocycles. The van der Waals surface area contributed by atoms with Gasteiger partial charge in [-0.25, -0.2) is 0 Å². The fraction of sp³-hybridized carbons (Fsp3) is 0.571. The minimum absolute atomic E-state index is 0.622. The van der Waals surface area contributed by atoms with Crippen molar-refractivity contribution in [2.45, 2.75) is 32.6 Å². The summed E-state index contributed by atoms with van der Waals surface area (Å²) in [5.74, 6) is 0. The highest BCUT2D eigenvalue weighted by molar-refractivity contribution is 5.40. The first kappa shape index (κ1) is 11.5. The van der Waals surface area contributed by atoms with Gasteiger partial charge in [0.05, 0.1) is 0 Å². The van der Waals surface area contributed by atoms with E-state index in [0.717, 1.165) is 18.7 Å². The molecule has 2 nitrogen and oxygen atoms in total. The van der Waals surface area contributed by atoms with E-state index in [9.17, 15) is 0 Å². The summed E-state index contributed by atoms with van der Waals surface area (Å²) in [4.78, 5) is 0. The first-order valence-corrected chi connectivity index (χ1v) is 6.23. The van der Waals surface area contributed by atoms with Gasteiger partial charge in [-0.3, -0.25) is 0 Å². The highest BCUT2D eigenvalue weighted by Gasteiger charge is 2.36. The van der Waals surface area contributed by atoms with Crippen LogP contribution in [0.3, 0.4) is 0 Å². The second-order valence-corrected chi connectivity index (χ2v) is 5.34. The molecule has 1 aromatic carbocycles. The highest BCUT2D eigenvalue weighted by Crippen LogP contribution is 2.43. The van der Waals surface area contributed by atoms with Gasteiger partial charge in [0.1, 0.15) is 0 Å². The summed E-state index contributed by atoms with van der Waals surface area (Å²) in [7, 11) is 0. The van der Waals surface area contributed by atoms with Crippen molar-refractivity contribution < 1.29 is 0 Å². The fourth-order valence-electron chi connectivity index (χ4n) is 1.95. The molecule has 0 unspecified atom stereocenters. The molecule has 1 saturated carbocycles. The van der Waals surface area contributed by atoms with Crippen molar-refractivity contribution in [3.05, 3.63) is 29.8 Å². The molecule has 1 aliphatic rings. The molecule has 1 fully saturated rings. The highest BCUT2D eigenvalue weighted by atomic mass is 14.9. The van der Waals surface area contributed by atoms with E-state index in [1.165, 1.54) is 31.4 Å². The van der Waals surface area contributed by atoms with E-state index < -0.39 is 0 Å². The van der Waals surface area contributed by atoms with Crippen LogP contribution in [0, 0.1) is 5.41 Å². The molecule has 2 rings (SSSR count). The zero-order valence-corrected chi connectivity index (χ0v) is 10.1. The lowest BCUT2D eigenvalue weighted by molar-refractivity contribution is 0.495. The van der Waals surface area contributed by atoms with Gasteiger partial charge in [-0.1, -0.05) is 19.1 Å². The van der Waals surface area contributed by atoms with E-state index >= 15 is 0 Å². The molecule has 0 atom stereocenters. The average molecular weight is 218 g/mol. The summed E-state index contributed by atoms with van der Waals surface area (Å²) >= 11 is 0. The second-order valence-electron chi connectivity index (χ2n) is 5.34. The van der Waals surface area contributed by atoms with Crippen LogP contribution in [0.4, 0.5) is 5.69 Å². The smallest absolute Gasteiger partial charge is 0.0316 e. The Balaban J connectivity index is 1.60. The van der Waals surface area contributed by atoms with Crippen molar-refractivity contribution in [3.63, 3.8) is 0 Å². The molecule has 0 aliphatic heterocycles. The van der Waals surface area contributed by atoms with E-state index in [4.69, 9.17) is 5.73 Å². The Labute approximate surface area is 98.2 Å². The van der Waals surface area contributed by atoms with Crippen molar-refractivity contribution in [2.24, 2.45) is 5.41 Å². The van der Waals surface area contributed by atoms with Gasteiger partial charge in [0.2, 0.25) is 0 Å². The van der Waals surface area contributed by atoms with Crippen LogP contribution in [0.2, 0.25) is 0 Å². The molecule has 3 N–H and O–H groups in total. The molecule has 0 aromatic heterocycles. The first-order chi connectivity index (χ1) is 7.68. The van der Waals surface area contributed by atoms with Crippen LogP contribution in [0.15, 0.2) is 24.3 Å². The normalized spacial score (nSPS) is 17.3. The lowest BCUT2D eigenvalue weighted by Gasteiger charge is -2.09. The Hall–Kier alpha value is -1.02. The van der Waals surface area contributed by atoms with Gasteiger partial charge in [-0.15, -0.1) is 0 Å². The summed E-state index contributed by atoms with van der Waals surface area (Å²) in [5, 5.41) is 3.54. The molecule has 0 radical (unpaired) electrons. The van der Waals surface area contributed by atoms with Crippen LogP contribution < -0.4 is 11.1 Å². The van der Waals surface area contributed by atoms with Crippen LogP contribution in [0.25, 0.3) is 0 Å². The van der Waals surface area contributed by atoms with Gasteiger partial charge < -0.3 is 11.1 Å². The summed E-state index contributed by atoms with van der Waals surface area (Å²) in [6, 6.07) is 8.19. The number of nitrogens with one attached hydrogen (secondary N) is 1. The van der Waals surface area contributed by atoms with Gasteiger partial charge in [-0.05, 0) is 55.3 Å². The van der Waals surface area contributed by atoms with E-state index in [2.05, 4.69) is 24.4 Å². The quantitative estimate of drug-likeness (QED) is 0.569. The number of nitrogens with two attached hydrogens (primary N) is 1. The molecule has 1 aliphatic carbocycles. The molecule has 0 spiro atoms. The molecular formula is C14H22N2. The standard InChI is InChI=1S/C14H22N2/c1-14(7-8-14)11-16-9-3-5-12-4-2-6-13(15)10-12/h2,4,6,10,16H,3,5,7-9,11,15H2,1H3. The van der Waals surface area contributed by atoms with Crippen LogP contribution in [-0.4, -0.2) is 13.1 Å². The summed E-state index contributed by atoms with van der Waals surface area (Å²) in [5.41, 5.74) is 8.58. The number of anilines is 1. The minimum atomic E-state index is 0.622. The van der Waals surface area contributed by atoms with Gasteiger partial charge in [0.15, 0.2) is 0 Å². The minimum Gasteiger partial charge on any atom is -0.399 e. The Bertz CT molecular complexity index is 342. The maximum absolute atomic E-state index is 5.74. The molecule has 88 valence electrons. The lowest BCUT2D eigenvalue weighted by Crippen LogP contribution is -2.23. The van der Waals surface area contributed by atoms with Crippen molar-refractivity contribution in [2.75, 3.05) is 18.8 Å². The molecule has 2 heteroatoms. The molecule has 0 bridgehead atoms. The third-order valence-electron chi connectivity index (χ3n) is 3.43. The average Bonchev–Trinajstić information content (AvgIpc) is 2.96. The third kappa shape index (κ3) is 3.53. The number of hydrogen-bond donors (Lipinski definition) is 2. The van der Waals surface area contributed by atoms with Gasteiger partial charge in [-0.2, -0.15) is 0 Å². The maximum Gasteiger partial charge on any atom is 0.0316 e. The van der Waals surface area contributed by atoms with Gasteiger partial charge in [0.25, 0.3) is 0 Å². The number of nitrogen functional groups attached to an aromatic ring is 1.